The molecule has 0 fully saturated rings. The Hall–Kier alpha value is -0.440. The predicted octanol–water partition coefficient (Wildman–Crippen LogP) is 1.59. The molecule has 1 N–H and O–H groups in total. The third-order valence-corrected chi connectivity index (χ3v) is 3.49. The van der Waals surface area contributed by atoms with Crippen molar-refractivity contribution in [3.63, 3.8) is 0 Å². The first-order valence-corrected chi connectivity index (χ1v) is 7.60. The van der Waals surface area contributed by atoms with Crippen molar-refractivity contribution in [2.24, 2.45) is 4.99 Å². The molecule has 94 valence electrons. The molecule has 0 radical (unpaired) electrons. The molecule has 0 unspecified atom stereocenters. The van der Waals surface area contributed by atoms with Crippen molar-refractivity contribution in [1.29, 1.82) is 0 Å². The molecule has 0 aromatic heterocycles. The zero-order chi connectivity index (χ0) is 13.1. The van der Waals surface area contributed by atoms with Gasteiger partial charge in [-0.15, -0.1) is 0 Å². The summed E-state index contributed by atoms with van der Waals surface area (Å²) < 4.78 is 30.4. The van der Waals surface area contributed by atoms with Gasteiger partial charge in [-0.1, -0.05) is 37.6 Å². The first kappa shape index (κ1) is 14.6. The quantitative estimate of drug-likeness (QED) is 0.629. The third-order valence-electron chi connectivity index (χ3n) is 1.75. The summed E-state index contributed by atoms with van der Waals surface area (Å²) in [4.78, 5) is 3.76. The number of hydrogen-bond donors (Lipinski definition) is 1. The van der Waals surface area contributed by atoms with Crippen LogP contribution in [0.5, 0.6) is 5.75 Å². The number of aliphatic imine (C=N–C) groups is 1. The topological polar surface area (TPSA) is 89.8 Å². The fourth-order valence-electron chi connectivity index (χ4n) is 1.01. The maximum atomic E-state index is 11.6. The summed E-state index contributed by atoms with van der Waals surface area (Å²) >= 11 is 6.32. The Morgan fingerprint density at radius 1 is 1.41 bits per heavy atom. The number of benzene rings is 1. The Balaban J connectivity index is 2.78. The highest BCUT2D eigenvalue weighted by Gasteiger charge is 2.02. The summed E-state index contributed by atoms with van der Waals surface area (Å²) in [5.74, 6) is -0.698. The molecule has 0 bridgehead atoms. The largest absolute Gasteiger partial charge is 0.871 e. The van der Waals surface area contributed by atoms with Gasteiger partial charge >= 0.3 is 0 Å². The maximum Gasteiger partial charge on any atom is 0.266 e. The van der Waals surface area contributed by atoms with Crippen LogP contribution in [0.15, 0.2) is 26.1 Å². The molecular weight excluding hydrogens is 378 g/mol. The second-order valence-electron chi connectivity index (χ2n) is 3.13. The molecular formula is C9H8Br2NO4S-. The van der Waals surface area contributed by atoms with Crippen LogP contribution in [0.3, 0.4) is 0 Å². The van der Waals surface area contributed by atoms with E-state index in [9.17, 15) is 13.5 Å². The van der Waals surface area contributed by atoms with Gasteiger partial charge in [0.1, 0.15) is 0 Å². The first-order chi connectivity index (χ1) is 7.79. The van der Waals surface area contributed by atoms with Crippen molar-refractivity contribution in [1.82, 2.24) is 0 Å². The lowest BCUT2D eigenvalue weighted by Crippen LogP contribution is -2.07. The van der Waals surface area contributed by atoms with E-state index in [0.29, 0.717) is 14.5 Å². The van der Waals surface area contributed by atoms with Crippen LogP contribution in [0, 0.1) is 0 Å². The Kier molecular flexibility index (Phi) is 5.11. The van der Waals surface area contributed by atoms with Gasteiger partial charge < -0.3 is 5.11 Å². The van der Waals surface area contributed by atoms with E-state index in [1.54, 1.807) is 12.1 Å². The van der Waals surface area contributed by atoms with Crippen molar-refractivity contribution in [2.45, 2.75) is 0 Å². The van der Waals surface area contributed by atoms with Crippen LogP contribution in [-0.2, 0) is 10.1 Å². The second kappa shape index (κ2) is 5.94. The van der Waals surface area contributed by atoms with Gasteiger partial charge in [-0.2, -0.15) is 8.42 Å². The van der Waals surface area contributed by atoms with Crippen molar-refractivity contribution >= 4 is 48.2 Å². The number of rotatable bonds is 4. The Bertz CT molecular complexity index is 542. The van der Waals surface area contributed by atoms with Crippen LogP contribution in [-0.4, -0.2) is 31.5 Å². The minimum absolute atomic E-state index is 0.0948. The van der Waals surface area contributed by atoms with E-state index in [-0.39, 0.29) is 12.3 Å². The van der Waals surface area contributed by atoms with Crippen molar-refractivity contribution < 1.29 is 18.1 Å². The molecule has 0 atom stereocenters. The molecule has 0 saturated carbocycles. The standard InChI is InChI=1S/C9H9Br2NO4S/c10-7-3-6(9(13)8(11)4-7)5-12-1-2-17(14,15)16/h3-5,13H,1-2H2,(H,14,15,16)/p-1. The van der Waals surface area contributed by atoms with Crippen molar-refractivity contribution in [3.05, 3.63) is 26.6 Å². The van der Waals surface area contributed by atoms with E-state index in [2.05, 4.69) is 36.9 Å². The van der Waals surface area contributed by atoms with Crippen LogP contribution in [0.25, 0.3) is 0 Å². The van der Waals surface area contributed by atoms with Gasteiger partial charge in [0.2, 0.25) is 0 Å². The summed E-state index contributed by atoms with van der Waals surface area (Å²) in [6.07, 6.45) is 1.28. The molecule has 1 rings (SSSR count). The van der Waals surface area contributed by atoms with Crippen molar-refractivity contribution in [3.8, 4) is 5.75 Å². The normalized spacial score (nSPS) is 12.2. The molecule has 0 saturated heterocycles. The molecule has 0 spiro atoms. The summed E-state index contributed by atoms with van der Waals surface area (Å²) in [6, 6.07) is 3.18. The highest BCUT2D eigenvalue weighted by Crippen LogP contribution is 2.28. The Morgan fingerprint density at radius 2 is 2.06 bits per heavy atom. The molecule has 17 heavy (non-hydrogen) atoms. The number of halogens is 2. The second-order valence-corrected chi connectivity index (χ2v) is 6.47. The summed E-state index contributed by atoms with van der Waals surface area (Å²) in [7, 11) is -4.02. The van der Waals surface area contributed by atoms with Gasteiger partial charge in [-0.3, -0.25) is 9.55 Å². The average Bonchev–Trinajstić information content (AvgIpc) is 2.18. The summed E-state index contributed by atoms with van der Waals surface area (Å²) in [5.41, 5.74) is 0.335. The van der Waals surface area contributed by atoms with Gasteiger partial charge in [-0.05, 0) is 17.7 Å². The lowest BCUT2D eigenvalue weighted by molar-refractivity contribution is -0.269. The van der Waals surface area contributed by atoms with Crippen LogP contribution in [0.2, 0.25) is 0 Å². The van der Waals surface area contributed by atoms with Gasteiger partial charge in [0.25, 0.3) is 10.1 Å². The van der Waals surface area contributed by atoms with Gasteiger partial charge in [0.05, 0.1) is 12.3 Å². The molecule has 5 nitrogen and oxygen atoms in total. The minimum atomic E-state index is -4.02. The van der Waals surface area contributed by atoms with Crippen LogP contribution in [0.1, 0.15) is 5.56 Å². The molecule has 0 aliphatic rings. The van der Waals surface area contributed by atoms with Gasteiger partial charge in [0.15, 0.2) is 0 Å². The SMILES string of the molecule is O=S(=O)(O)CCN=Cc1cc(Br)cc(Br)c1[O-]. The Morgan fingerprint density at radius 3 is 2.65 bits per heavy atom. The minimum Gasteiger partial charge on any atom is -0.871 e. The highest BCUT2D eigenvalue weighted by molar-refractivity contribution is 9.11. The lowest BCUT2D eigenvalue weighted by atomic mass is 10.2. The zero-order valence-corrected chi connectivity index (χ0v) is 12.4. The van der Waals surface area contributed by atoms with E-state index in [1.165, 1.54) is 6.21 Å². The molecule has 1 aromatic rings. The molecule has 1 aromatic carbocycles. The zero-order valence-electron chi connectivity index (χ0n) is 8.43. The van der Waals surface area contributed by atoms with Crippen LogP contribution < -0.4 is 5.11 Å². The molecule has 0 aliphatic heterocycles. The fourth-order valence-corrected chi connectivity index (χ4v) is 2.60. The van der Waals surface area contributed by atoms with Crippen LogP contribution >= 0.6 is 31.9 Å². The molecule has 0 heterocycles. The average molecular weight is 386 g/mol. The van der Waals surface area contributed by atoms with E-state index in [1.807, 2.05) is 0 Å². The van der Waals surface area contributed by atoms with E-state index in [4.69, 9.17) is 4.55 Å². The molecule has 8 heteroatoms. The first-order valence-electron chi connectivity index (χ1n) is 4.40. The monoisotopic (exact) mass is 384 g/mol. The maximum absolute atomic E-state index is 11.6. The van der Waals surface area contributed by atoms with Crippen LogP contribution in [0.4, 0.5) is 0 Å². The van der Waals surface area contributed by atoms with E-state index in [0.717, 1.165) is 0 Å². The van der Waals surface area contributed by atoms with Gasteiger partial charge in [-0.25, -0.2) is 0 Å². The fraction of sp³-hybridized carbons (Fsp3) is 0.222. The smallest absolute Gasteiger partial charge is 0.266 e. The molecule has 0 aliphatic carbocycles. The van der Waals surface area contributed by atoms with Crippen molar-refractivity contribution in [2.75, 3.05) is 12.3 Å². The van der Waals surface area contributed by atoms with E-state index >= 15 is 0 Å². The van der Waals surface area contributed by atoms with Gasteiger partial charge in [0, 0.05) is 15.2 Å². The third kappa shape index (κ3) is 5.15. The highest BCUT2D eigenvalue weighted by atomic mass is 79.9. The summed E-state index contributed by atoms with van der Waals surface area (Å²) in [6.45, 7) is -0.0948. The van der Waals surface area contributed by atoms with E-state index < -0.39 is 15.9 Å². The Labute approximate surface area is 116 Å². The predicted molar refractivity (Wildman–Crippen MR) is 70.2 cm³/mol. The lowest BCUT2D eigenvalue weighted by Gasteiger charge is -2.12. The summed E-state index contributed by atoms with van der Waals surface area (Å²) in [5, 5.41) is 11.6. The number of nitrogens with zero attached hydrogens (tertiary/aromatic N) is 1. The number of hydrogen-bond acceptors (Lipinski definition) is 4. The molecule has 0 amide bonds.